The van der Waals surface area contributed by atoms with Crippen molar-refractivity contribution in [3.05, 3.63) is 42.0 Å². The molecule has 0 bridgehead atoms. The minimum Gasteiger partial charge on any atom is -0.497 e. The van der Waals surface area contributed by atoms with Crippen molar-refractivity contribution in [1.29, 1.82) is 0 Å². The van der Waals surface area contributed by atoms with Crippen LogP contribution in [-0.4, -0.2) is 31.6 Å². The van der Waals surface area contributed by atoms with E-state index in [-0.39, 0.29) is 0 Å². The molecule has 0 radical (unpaired) electrons. The van der Waals surface area contributed by atoms with Crippen molar-refractivity contribution in [1.82, 2.24) is 4.90 Å². The van der Waals surface area contributed by atoms with Gasteiger partial charge in [0.25, 0.3) is 0 Å². The molecule has 2 heteroatoms. The maximum Gasteiger partial charge on any atom is 0.119 e. The predicted octanol–water partition coefficient (Wildman–Crippen LogP) is 3.73. The molecule has 2 rings (SSSR count). The summed E-state index contributed by atoms with van der Waals surface area (Å²) in [6, 6.07) is 13.5. The molecule has 0 aliphatic carbocycles. The van der Waals surface area contributed by atoms with Crippen molar-refractivity contribution in [2.45, 2.75) is 26.3 Å². The largest absolute Gasteiger partial charge is 0.497 e. The summed E-state index contributed by atoms with van der Waals surface area (Å²) in [5.74, 6) is 0.916. The Hall–Kier alpha value is -1.54. The number of likely N-dealkylation sites (N-methyl/N-ethyl adjacent to an activating group) is 1. The second kappa shape index (κ2) is 6.07. The topological polar surface area (TPSA) is 12.5 Å². The predicted molar refractivity (Wildman–Crippen MR) is 82.0 cm³/mol. The van der Waals surface area contributed by atoms with Crippen molar-refractivity contribution >= 4 is 10.8 Å². The summed E-state index contributed by atoms with van der Waals surface area (Å²) in [4.78, 5) is 2.37. The second-order valence-electron chi connectivity index (χ2n) is 5.37. The number of methoxy groups -OCH3 is 1. The first-order chi connectivity index (χ1) is 9.10. The summed E-state index contributed by atoms with van der Waals surface area (Å²) in [5, 5.41) is 2.52. The van der Waals surface area contributed by atoms with Gasteiger partial charge in [-0.15, -0.1) is 0 Å². The zero-order valence-corrected chi connectivity index (χ0v) is 12.3. The van der Waals surface area contributed by atoms with Crippen LogP contribution in [0.5, 0.6) is 5.75 Å². The Labute approximate surface area is 116 Å². The fourth-order valence-electron chi connectivity index (χ4n) is 2.12. The first-order valence-corrected chi connectivity index (χ1v) is 6.87. The van der Waals surface area contributed by atoms with Gasteiger partial charge >= 0.3 is 0 Å². The first-order valence-electron chi connectivity index (χ1n) is 6.87. The van der Waals surface area contributed by atoms with Crippen molar-refractivity contribution < 1.29 is 4.74 Å². The molecule has 0 fully saturated rings. The van der Waals surface area contributed by atoms with Gasteiger partial charge in [0.1, 0.15) is 5.75 Å². The quantitative estimate of drug-likeness (QED) is 0.809. The van der Waals surface area contributed by atoms with Crippen LogP contribution in [0.15, 0.2) is 36.4 Å². The van der Waals surface area contributed by atoms with Crippen LogP contribution >= 0.6 is 0 Å². The lowest BCUT2D eigenvalue weighted by atomic mass is 10.0. The molecule has 102 valence electrons. The molecule has 0 aliphatic heterocycles. The minimum atomic E-state index is 0.602. The maximum absolute atomic E-state index is 5.25. The summed E-state index contributed by atoms with van der Waals surface area (Å²) >= 11 is 0. The van der Waals surface area contributed by atoms with E-state index in [4.69, 9.17) is 4.74 Å². The number of nitrogens with zero attached hydrogens (tertiary/aromatic N) is 1. The molecule has 0 spiro atoms. The van der Waals surface area contributed by atoms with Gasteiger partial charge in [0.05, 0.1) is 7.11 Å². The summed E-state index contributed by atoms with van der Waals surface area (Å²) < 4.78 is 5.25. The second-order valence-corrected chi connectivity index (χ2v) is 5.37. The van der Waals surface area contributed by atoms with Gasteiger partial charge in [0.15, 0.2) is 0 Å². The number of rotatable bonds is 5. The summed E-state index contributed by atoms with van der Waals surface area (Å²) in [5.41, 5.74) is 1.39. The van der Waals surface area contributed by atoms with E-state index >= 15 is 0 Å². The van der Waals surface area contributed by atoms with E-state index in [0.717, 1.165) is 18.7 Å². The molecule has 0 amide bonds. The molecule has 0 saturated heterocycles. The Morgan fingerprint density at radius 2 is 1.74 bits per heavy atom. The van der Waals surface area contributed by atoms with Gasteiger partial charge in [-0.3, -0.25) is 0 Å². The van der Waals surface area contributed by atoms with Crippen LogP contribution in [0.4, 0.5) is 0 Å². The van der Waals surface area contributed by atoms with Crippen molar-refractivity contribution in [3.63, 3.8) is 0 Å². The molecule has 0 aromatic heterocycles. The van der Waals surface area contributed by atoms with Crippen LogP contribution in [0, 0.1) is 0 Å². The van der Waals surface area contributed by atoms with Gasteiger partial charge in [-0.1, -0.05) is 24.3 Å². The van der Waals surface area contributed by atoms with Crippen molar-refractivity contribution in [2.24, 2.45) is 0 Å². The maximum atomic E-state index is 5.25. The molecule has 19 heavy (non-hydrogen) atoms. The van der Waals surface area contributed by atoms with Crippen LogP contribution in [0.1, 0.15) is 19.4 Å². The lowest BCUT2D eigenvalue weighted by Crippen LogP contribution is -2.28. The van der Waals surface area contributed by atoms with Crippen LogP contribution in [0.2, 0.25) is 0 Å². The van der Waals surface area contributed by atoms with Crippen LogP contribution in [0.25, 0.3) is 10.8 Å². The first kappa shape index (κ1) is 13.9. The monoisotopic (exact) mass is 257 g/mol. The highest BCUT2D eigenvalue weighted by atomic mass is 16.5. The Bertz CT molecular complexity index is 548. The molecule has 0 unspecified atom stereocenters. The van der Waals surface area contributed by atoms with Gasteiger partial charge in [0.2, 0.25) is 0 Å². The third-order valence-electron chi connectivity index (χ3n) is 3.75. The average Bonchev–Trinajstić information content (AvgIpc) is 2.43. The number of hydrogen-bond acceptors (Lipinski definition) is 2. The van der Waals surface area contributed by atoms with E-state index in [1.165, 1.54) is 16.3 Å². The zero-order valence-electron chi connectivity index (χ0n) is 12.3. The molecule has 2 aromatic carbocycles. The fraction of sp³-hybridized carbons (Fsp3) is 0.412. The lowest BCUT2D eigenvalue weighted by molar-refractivity contribution is 0.277. The Balaban J connectivity index is 2.13. The smallest absolute Gasteiger partial charge is 0.119 e. The zero-order chi connectivity index (χ0) is 13.8. The third kappa shape index (κ3) is 3.48. The molecular weight excluding hydrogens is 234 g/mol. The third-order valence-corrected chi connectivity index (χ3v) is 3.75. The fourth-order valence-corrected chi connectivity index (χ4v) is 2.12. The van der Waals surface area contributed by atoms with Gasteiger partial charge in [0, 0.05) is 12.6 Å². The van der Waals surface area contributed by atoms with E-state index in [2.05, 4.69) is 56.1 Å². The van der Waals surface area contributed by atoms with Crippen LogP contribution < -0.4 is 4.74 Å². The van der Waals surface area contributed by atoms with E-state index in [0.29, 0.717) is 6.04 Å². The molecule has 2 aromatic rings. The summed E-state index contributed by atoms with van der Waals surface area (Å²) in [6.45, 7) is 5.55. The van der Waals surface area contributed by atoms with E-state index in [9.17, 15) is 0 Å². The molecule has 0 N–H and O–H groups in total. The molecule has 0 aliphatic rings. The highest BCUT2D eigenvalue weighted by molar-refractivity contribution is 5.84. The number of ether oxygens (including phenoxy) is 1. The van der Waals surface area contributed by atoms with Gasteiger partial charge in [-0.05, 0) is 55.8 Å². The molecule has 0 heterocycles. The highest BCUT2D eigenvalue weighted by Gasteiger charge is 2.04. The molecule has 0 saturated carbocycles. The normalized spacial score (nSPS) is 11.5. The standard InChI is InChI=1S/C17H23NO/c1-13(2)18(3)10-9-14-5-6-16-12-17(19-4)8-7-15(16)11-14/h5-8,11-13H,9-10H2,1-4H3. The average molecular weight is 257 g/mol. The Morgan fingerprint density at radius 1 is 1.05 bits per heavy atom. The number of benzene rings is 2. The van der Waals surface area contributed by atoms with E-state index in [1.54, 1.807) is 7.11 Å². The minimum absolute atomic E-state index is 0.602. The van der Waals surface area contributed by atoms with Crippen LogP contribution in [-0.2, 0) is 6.42 Å². The molecule has 2 nitrogen and oxygen atoms in total. The summed E-state index contributed by atoms with van der Waals surface area (Å²) in [6.07, 6.45) is 1.09. The van der Waals surface area contributed by atoms with Crippen LogP contribution in [0.3, 0.4) is 0 Å². The Morgan fingerprint density at radius 3 is 2.42 bits per heavy atom. The number of hydrogen-bond donors (Lipinski definition) is 0. The van der Waals surface area contributed by atoms with Crippen molar-refractivity contribution in [3.8, 4) is 5.75 Å². The van der Waals surface area contributed by atoms with Gasteiger partial charge in [-0.25, -0.2) is 0 Å². The highest BCUT2D eigenvalue weighted by Crippen LogP contribution is 2.22. The molecular formula is C17H23NO. The molecule has 0 atom stereocenters. The van der Waals surface area contributed by atoms with E-state index in [1.807, 2.05) is 6.07 Å². The van der Waals surface area contributed by atoms with Gasteiger partial charge < -0.3 is 9.64 Å². The Kier molecular flexibility index (Phi) is 4.43. The number of fused-ring (bicyclic) bond motifs is 1. The van der Waals surface area contributed by atoms with E-state index < -0.39 is 0 Å². The van der Waals surface area contributed by atoms with Crippen molar-refractivity contribution in [2.75, 3.05) is 20.7 Å². The summed E-state index contributed by atoms with van der Waals surface area (Å²) in [7, 11) is 3.88. The SMILES string of the molecule is COc1ccc2cc(CCN(C)C(C)C)ccc2c1. The van der Waals surface area contributed by atoms with Gasteiger partial charge in [-0.2, -0.15) is 0 Å². The lowest BCUT2D eigenvalue weighted by Gasteiger charge is -2.20.